The largest absolute Gasteiger partial charge is 0.309 e. The molecule has 1 aliphatic rings. The quantitative estimate of drug-likeness (QED) is 0.143. The minimum Gasteiger partial charge on any atom is -0.309 e. The first-order chi connectivity index (χ1) is 20.3. The summed E-state index contributed by atoms with van der Waals surface area (Å²) in [6.45, 7) is 0. The SMILES string of the molecule is NN1C=CC=CC1/N=C/n1c2ccccc2c2cc(-c3ccc4c(c3)c3ccccc3n4-c3ccccc3)ccc21. The molecule has 5 nitrogen and oxygen atoms in total. The minimum atomic E-state index is -0.236. The van der Waals surface area contributed by atoms with Crippen LogP contribution in [0.3, 0.4) is 0 Å². The number of allylic oxidation sites excluding steroid dienone is 2. The van der Waals surface area contributed by atoms with Crippen molar-refractivity contribution in [2.24, 2.45) is 10.8 Å². The van der Waals surface area contributed by atoms with Crippen molar-refractivity contribution >= 4 is 50.0 Å². The monoisotopic (exact) mass is 529 g/mol. The van der Waals surface area contributed by atoms with E-state index in [-0.39, 0.29) is 6.17 Å². The summed E-state index contributed by atoms with van der Waals surface area (Å²) in [4.78, 5) is 4.78. The third-order valence-electron chi connectivity index (χ3n) is 8.02. The summed E-state index contributed by atoms with van der Waals surface area (Å²) in [5, 5.41) is 6.49. The molecule has 5 aromatic carbocycles. The van der Waals surface area contributed by atoms with Crippen LogP contribution in [0.25, 0.3) is 60.4 Å². The number of aliphatic imine (C=N–C) groups is 1. The molecule has 1 atom stereocenters. The van der Waals surface area contributed by atoms with Crippen LogP contribution in [0.5, 0.6) is 0 Å². The molecule has 0 fully saturated rings. The second kappa shape index (κ2) is 9.37. The van der Waals surface area contributed by atoms with Crippen LogP contribution in [0.1, 0.15) is 0 Å². The van der Waals surface area contributed by atoms with E-state index in [0.717, 1.165) is 11.0 Å². The number of nitrogens with zero attached hydrogens (tertiary/aromatic N) is 4. The zero-order chi connectivity index (χ0) is 27.3. The van der Waals surface area contributed by atoms with Gasteiger partial charge in [-0.05, 0) is 71.8 Å². The van der Waals surface area contributed by atoms with Gasteiger partial charge in [0, 0.05) is 33.4 Å². The first-order valence-electron chi connectivity index (χ1n) is 13.8. The van der Waals surface area contributed by atoms with Gasteiger partial charge in [0.15, 0.2) is 6.17 Å². The van der Waals surface area contributed by atoms with Crippen LogP contribution in [0.4, 0.5) is 0 Å². The Morgan fingerprint density at radius 2 is 1.17 bits per heavy atom. The Bertz CT molecular complexity index is 2180. The maximum Gasteiger partial charge on any atom is 0.155 e. The molecule has 0 radical (unpaired) electrons. The summed E-state index contributed by atoms with van der Waals surface area (Å²) in [5.74, 6) is 6.11. The predicted molar refractivity (Wildman–Crippen MR) is 171 cm³/mol. The highest BCUT2D eigenvalue weighted by Gasteiger charge is 2.15. The second-order valence-corrected chi connectivity index (χ2v) is 10.4. The van der Waals surface area contributed by atoms with Crippen molar-refractivity contribution in [3.05, 3.63) is 140 Å². The lowest BCUT2D eigenvalue weighted by atomic mass is 10.0. The van der Waals surface area contributed by atoms with Crippen LogP contribution in [-0.4, -0.2) is 26.6 Å². The Labute approximate surface area is 237 Å². The van der Waals surface area contributed by atoms with E-state index in [0.29, 0.717) is 0 Å². The molecule has 0 saturated heterocycles. The maximum atomic E-state index is 6.11. The number of hydrogen-bond donors (Lipinski definition) is 1. The van der Waals surface area contributed by atoms with Gasteiger partial charge in [-0.1, -0.05) is 72.8 Å². The zero-order valence-electron chi connectivity index (χ0n) is 22.3. The number of nitrogens with two attached hydrogens (primary N) is 1. The van der Waals surface area contributed by atoms with E-state index in [2.05, 4.69) is 124 Å². The van der Waals surface area contributed by atoms with Gasteiger partial charge in [0.05, 0.1) is 28.4 Å². The third kappa shape index (κ3) is 3.78. The van der Waals surface area contributed by atoms with Gasteiger partial charge in [-0.15, -0.1) is 0 Å². The number of para-hydroxylation sites is 3. The Balaban J connectivity index is 1.28. The molecule has 0 saturated carbocycles. The number of fused-ring (bicyclic) bond motifs is 6. The lowest BCUT2D eigenvalue weighted by molar-refractivity contribution is 0.336. The molecule has 2 N–H and O–H groups in total. The molecule has 3 heterocycles. The number of hydrazine groups is 1. The molecule has 0 aliphatic carbocycles. The van der Waals surface area contributed by atoms with Crippen LogP contribution in [0, 0.1) is 0 Å². The van der Waals surface area contributed by atoms with Gasteiger partial charge >= 0.3 is 0 Å². The van der Waals surface area contributed by atoms with Crippen LogP contribution < -0.4 is 5.84 Å². The fourth-order valence-electron chi connectivity index (χ4n) is 6.08. The van der Waals surface area contributed by atoms with E-state index >= 15 is 0 Å². The average molecular weight is 530 g/mol. The summed E-state index contributed by atoms with van der Waals surface area (Å²) < 4.78 is 4.51. The van der Waals surface area contributed by atoms with Gasteiger partial charge in [-0.2, -0.15) is 0 Å². The number of rotatable bonds is 4. The zero-order valence-corrected chi connectivity index (χ0v) is 22.3. The van der Waals surface area contributed by atoms with Crippen molar-refractivity contribution in [1.29, 1.82) is 0 Å². The number of benzene rings is 5. The molecule has 196 valence electrons. The molecule has 0 amide bonds. The van der Waals surface area contributed by atoms with E-state index in [1.54, 1.807) is 5.01 Å². The van der Waals surface area contributed by atoms with Crippen molar-refractivity contribution < 1.29 is 0 Å². The second-order valence-electron chi connectivity index (χ2n) is 10.4. The lowest BCUT2D eigenvalue weighted by Crippen LogP contribution is -2.35. The van der Waals surface area contributed by atoms with Crippen LogP contribution in [-0.2, 0) is 0 Å². The maximum absolute atomic E-state index is 6.11. The molecule has 7 aromatic rings. The Kier molecular flexibility index (Phi) is 5.37. The highest BCUT2D eigenvalue weighted by molar-refractivity contribution is 6.13. The van der Waals surface area contributed by atoms with E-state index < -0.39 is 0 Å². The minimum absolute atomic E-state index is 0.236. The van der Waals surface area contributed by atoms with E-state index in [1.807, 2.05) is 30.8 Å². The fourth-order valence-corrected chi connectivity index (χ4v) is 6.08. The van der Waals surface area contributed by atoms with Gasteiger partial charge in [0.2, 0.25) is 0 Å². The van der Waals surface area contributed by atoms with Gasteiger partial charge in [-0.3, -0.25) is 5.01 Å². The highest BCUT2D eigenvalue weighted by atomic mass is 15.4. The van der Waals surface area contributed by atoms with Crippen LogP contribution in [0.2, 0.25) is 0 Å². The first kappa shape index (κ1) is 23.5. The Hall–Kier alpha value is -5.39. The first-order valence-corrected chi connectivity index (χ1v) is 13.8. The van der Waals surface area contributed by atoms with Gasteiger partial charge in [-0.25, -0.2) is 10.8 Å². The summed E-state index contributed by atoms with van der Waals surface area (Å²) in [5.41, 5.74) is 8.18. The molecular weight excluding hydrogens is 502 g/mol. The van der Waals surface area contributed by atoms with Gasteiger partial charge < -0.3 is 9.13 Å². The Morgan fingerprint density at radius 1 is 0.585 bits per heavy atom. The van der Waals surface area contributed by atoms with Gasteiger partial charge in [0.25, 0.3) is 0 Å². The molecule has 0 spiro atoms. The van der Waals surface area contributed by atoms with Crippen LogP contribution >= 0.6 is 0 Å². The fraction of sp³-hybridized carbons (Fsp3) is 0.0278. The number of aromatic nitrogens is 2. The van der Waals surface area contributed by atoms with Gasteiger partial charge in [0.1, 0.15) is 0 Å². The molecule has 41 heavy (non-hydrogen) atoms. The number of hydrogen-bond acceptors (Lipinski definition) is 3. The van der Waals surface area contributed by atoms with Crippen LogP contribution in [0.15, 0.2) is 145 Å². The average Bonchev–Trinajstić information content (AvgIpc) is 3.53. The van der Waals surface area contributed by atoms with Crippen molar-refractivity contribution in [2.45, 2.75) is 6.17 Å². The van der Waals surface area contributed by atoms with Crippen molar-refractivity contribution in [3.8, 4) is 16.8 Å². The normalized spacial score (nSPS) is 15.3. The summed E-state index contributed by atoms with van der Waals surface area (Å²) >= 11 is 0. The topological polar surface area (TPSA) is 51.5 Å². The van der Waals surface area contributed by atoms with E-state index in [4.69, 9.17) is 10.8 Å². The molecular formula is C36H27N5. The molecule has 1 unspecified atom stereocenters. The standard InChI is InChI=1S/C36H27N5/c37-40-21-9-8-16-36(40)38-24-39-32-14-6-4-12-28(32)30-22-25(17-19-33(30)39)26-18-20-35-31(23-26)29-13-5-7-15-34(29)41(35)27-10-2-1-3-11-27/h1-24,36H,37H2/b38-24+. The van der Waals surface area contributed by atoms with E-state index in [9.17, 15) is 0 Å². The lowest BCUT2D eigenvalue weighted by Gasteiger charge is -2.21. The summed E-state index contributed by atoms with van der Waals surface area (Å²) in [7, 11) is 0. The molecule has 0 bridgehead atoms. The molecule has 5 heteroatoms. The Morgan fingerprint density at radius 3 is 1.93 bits per heavy atom. The highest BCUT2D eigenvalue weighted by Crippen LogP contribution is 2.37. The molecule has 1 aliphatic heterocycles. The van der Waals surface area contributed by atoms with Crippen molar-refractivity contribution in [2.75, 3.05) is 0 Å². The predicted octanol–water partition coefficient (Wildman–Crippen LogP) is 8.02. The van der Waals surface area contributed by atoms with Crippen molar-refractivity contribution in [1.82, 2.24) is 14.1 Å². The van der Waals surface area contributed by atoms with Crippen molar-refractivity contribution in [3.63, 3.8) is 0 Å². The third-order valence-corrected chi connectivity index (χ3v) is 8.02. The summed E-state index contributed by atoms with van der Waals surface area (Å²) in [6, 6.07) is 41.3. The smallest absolute Gasteiger partial charge is 0.155 e. The van der Waals surface area contributed by atoms with E-state index in [1.165, 1.54) is 49.4 Å². The molecule has 8 rings (SSSR count). The molecule has 2 aromatic heterocycles. The summed E-state index contributed by atoms with van der Waals surface area (Å²) in [6.07, 6.45) is 9.34.